The van der Waals surface area contributed by atoms with Crippen molar-refractivity contribution in [3.8, 4) is 0 Å². The molecule has 0 aliphatic heterocycles. The predicted molar refractivity (Wildman–Crippen MR) is 132 cm³/mol. The van der Waals surface area contributed by atoms with Crippen LogP contribution >= 0.6 is 24.0 Å². The number of amides is 2. The average molecular weight is 533 g/mol. The van der Waals surface area contributed by atoms with Gasteiger partial charge in [0.2, 0.25) is 0 Å². The number of carbonyl (C=O) groups excluding carboxylic acids is 2. The summed E-state index contributed by atoms with van der Waals surface area (Å²) in [6, 6.07) is 7.47. The molecule has 0 bridgehead atoms. The van der Waals surface area contributed by atoms with Crippen LogP contribution in [0.1, 0.15) is 56.5 Å². The molecule has 170 valence electrons. The molecular weight excluding hydrogens is 497 g/mol. The minimum atomic E-state index is -0.513. The van der Waals surface area contributed by atoms with E-state index in [0.717, 1.165) is 18.4 Å². The molecule has 2 amide bonds. The van der Waals surface area contributed by atoms with E-state index >= 15 is 0 Å². The molecule has 0 aromatic heterocycles. The van der Waals surface area contributed by atoms with Crippen LogP contribution in [0.2, 0.25) is 0 Å². The Balaban J connectivity index is 0.00000841. The van der Waals surface area contributed by atoms with Gasteiger partial charge in [0.1, 0.15) is 5.60 Å². The number of aliphatic imine (C=N–C) groups is 1. The zero-order valence-corrected chi connectivity index (χ0v) is 21.0. The number of hydrogen-bond donors (Lipinski definition) is 4. The van der Waals surface area contributed by atoms with Gasteiger partial charge in [0.25, 0.3) is 5.91 Å². The molecule has 8 nitrogen and oxygen atoms in total. The molecule has 0 radical (unpaired) electrons. The third-order valence-electron chi connectivity index (χ3n) is 3.80. The Morgan fingerprint density at radius 1 is 0.967 bits per heavy atom. The minimum absolute atomic E-state index is 0. The van der Waals surface area contributed by atoms with Crippen LogP contribution in [0.4, 0.5) is 4.79 Å². The van der Waals surface area contributed by atoms with Gasteiger partial charge >= 0.3 is 6.09 Å². The van der Waals surface area contributed by atoms with Crippen LogP contribution in [-0.4, -0.2) is 50.2 Å². The number of rotatable bonds is 9. The summed E-state index contributed by atoms with van der Waals surface area (Å²) in [7, 11) is 1.68. The van der Waals surface area contributed by atoms with Crippen LogP contribution in [-0.2, 0) is 11.3 Å². The lowest BCUT2D eigenvalue weighted by molar-refractivity contribution is 0.0528. The summed E-state index contributed by atoms with van der Waals surface area (Å²) < 4.78 is 5.18. The van der Waals surface area contributed by atoms with E-state index in [1.165, 1.54) is 0 Å². The molecule has 4 N–H and O–H groups in total. The number of hydrogen-bond acceptors (Lipinski definition) is 4. The largest absolute Gasteiger partial charge is 0.444 e. The number of halogens is 1. The zero-order valence-electron chi connectivity index (χ0n) is 18.6. The number of ether oxygens (including phenoxy) is 1. The van der Waals surface area contributed by atoms with E-state index in [1.807, 2.05) is 45.0 Å². The number of unbranched alkanes of at least 4 members (excludes halogenated alkanes) is 1. The average Bonchev–Trinajstić information content (AvgIpc) is 2.66. The number of guanidine groups is 1. The third kappa shape index (κ3) is 12.5. The van der Waals surface area contributed by atoms with Crippen LogP contribution in [0.3, 0.4) is 0 Å². The van der Waals surface area contributed by atoms with Gasteiger partial charge in [-0.3, -0.25) is 9.79 Å². The number of alkyl carbamates (subject to hydrolysis) is 1. The molecule has 0 fully saturated rings. The molecule has 0 aliphatic rings. The molecule has 1 aromatic carbocycles. The maximum atomic E-state index is 12.0. The van der Waals surface area contributed by atoms with Crippen molar-refractivity contribution < 1.29 is 14.3 Å². The quantitative estimate of drug-likeness (QED) is 0.169. The van der Waals surface area contributed by atoms with E-state index in [9.17, 15) is 9.59 Å². The molecule has 1 rings (SSSR count). The fourth-order valence-electron chi connectivity index (χ4n) is 2.32. The van der Waals surface area contributed by atoms with E-state index in [2.05, 4.69) is 33.2 Å². The van der Waals surface area contributed by atoms with Crippen molar-refractivity contribution in [1.82, 2.24) is 21.3 Å². The van der Waals surface area contributed by atoms with Gasteiger partial charge in [-0.25, -0.2) is 4.79 Å². The molecular formula is C21H36IN5O3. The highest BCUT2D eigenvalue weighted by Crippen LogP contribution is 2.06. The van der Waals surface area contributed by atoms with Crippen molar-refractivity contribution >= 4 is 41.9 Å². The highest BCUT2D eigenvalue weighted by atomic mass is 127. The summed E-state index contributed by atoms with van der Waals surface area (Å²) in [5, 5.41) is 11.9. The predicted octanol–water partition coefficient (Wildman–Crippen LogP) is 3.02. The summed E-state index contributed by atoms with van der Waals surface area (Å²) in [5.74, 6) is 0.574. The molecule has 0 heterocycles. The summed E-state index contributed by atoms with van der Waals surface area (Å²) in [5.41, 5.74) is 1.17. The fraction of sp³-hybridized carbons (Fsp3) is 0.571. The topological polar surface area (TPSA) is 104 Å². The van der Waals surface area contributed by atoms with Gasteiger partial charge in [-0.15, -0.1) is 24.0 Å². The van der Waals surface area contributed by atoms with Crippen LogP contribution in [0.15, 0.2) is 29.3 Å². The standard InChI is InChI=1S/C21H35N5O3.HI/c1-6-7-12-23-18(27)17-10-8-16(9-11-17)15-26-19(22-5)24-13-14-25-20(28)29-21(2,3)4;/h8-11H,6-7,12-15H2,1-5H3,(H,23,27)(H,25,28)(H2,22,24,26);1H. The van der Waals surface area contributed by atoms with Crippen molar-refractivity contribution in [2.24, 2.45) is 4.99 Å². The highest BCUT2D eigenvalue weighted by Gasteiger charge is 2.15. The van der Waals surface area contributed by atoms with Gasteiger partial charge in [0.15, 0.2) is 5.96 Å². The first-order chi connectivity index (χ1) is 13.7. The van der Waals surface area contributed by atoms with Crippen LogP contribution in [0, 0.1) is 0 Å². The first-order valence-electron chi connectivity index (χ1n) is 10.0. The number of nitrogens with zero attached hydrogens (tertiary/aromatic N) is 1. The van der Waals surface area contributed by atoms with Gasteiger partial charge in [-0.2, -0.15) is 0 Å². The molecule has 0 aliphatic carbocycles. The van der Waals surface area contributed by atoms with E-state index in [-0.39, 0.29) is 29.9 Å². The Morgan fingerprint density at radius 2 is 1.60 bits per heavy atom. The molecule has 1 aromatic rings. The molecule has 0 spiro atoms. The lowest BCUT2D eigenvalue weighted by Crippen LogP contribution is -2.42. The molecule has 0 unspecified atom stereocenters. The highest BCUT2D eigenvalue weighted by molar-refractivity contribution is 14.0. The Kier molecular flexibility index (Phi) is 13.9. The van der Waals surface area contributed by atoms with E-state index in [1.54, 1.807) is 7.05 Å². The van der Waals surface area contributed by atoms with Gasteiger partial charge in [0, 0.05) is 38.8 Å². The Hall–Kier alpha value is -2.04. The molecule has 0 atom stereocenters. The number of nitrogens with one attached hydrogen (secondary N) is 4. The Morgan fingerprint density at radius 3 is 2.17 bits per heavy atom. The summed E-state index contributed by atoms with van der Waals surface area (Å²) >= 11 is 0. The second-order valence-corrected chi connectivity index (χ2v) is 7.59. The smallest absolute Gasteiger partial charge is 0.407 e. The first-order valence-corrected chi connectivity index (χ1v) is 10.0. The normalized spacial score (nSPS) is 11.2. The minimum Gasteiger partial charge on any atom is -0.444 e. The number of benzene rings is 1. The molecule has 0 saturated carbocycles. The molecule has 30 heavy (non-hydrogen) atoms. The Labute approximate surface area is 197 Å². The second kappa shape index (κ2) is 14.9. The SMILES string of the molecule is CCCCNC(=O)c1ccc(CNC(=NC)NCCNC(=O)OC(C)(C)C)cc1.I. The van der Waals surface area contributed by atoms with E-state index in [0.29, 0.717) is 37.7 Å². The van der Waals surface area contributed by atoms with Gasteiger partial charge in [-0.1, -0.05) is 25.5 Å². The monoisotopic (exact) mass is 533 g/mol. The van der Waals surface area contributed by atoms with Crippen molar-refractivity contribution in [1.29, 1.82) is 0 Å². The van der Waals surface area contributed by atoms with E-state index < -0.39 is 11.7 Å². The van der Waals surface area contributed by atoms with Crippen LogP contribution in [0.25, 0.3) is 0 Å². The second-order valence-electron chi connectivity index (χ2n) is 7.59. The maximum absolute atomic E-state index is 12.0. The van der Waals surface area contributed by atoms with Crippen molar-refractivity contribution in [2.75, 3.05) is 26.7 Å². The fourth-order valence-corrected chi connectivity index (χ4v) is 2.32. The van der Waals surface area contributed by atoms with Crippen molar-refractivity contribution in [2.45, 2.75) is 52.7 Å². The maximum Gasteiger partial charge on any atom is 0.407 e. The summed E-state index contributed by atoms with van der Waals surface area (Å²) in [6.45, 7) is 9.74. The third-order valence-corrected chi connectivity index (χ3v) is 3.80. The lowest BCUT2D eigenvalue weighted by Gasteiger charge is -2.20. The lowest BCUT2D eigenvalue weighted by atomic mass is 10.1. The molecule has 9 heteroatoms. The van der Waals surface area contributed by atoms with E-state index in [4.69, 9.17) is 4.74 Å². The van der Waals surface area contributed by atoms with Crippen molar-refractivity contribution in [3.05, 3.63) is 35.4 Å². The molecule has 0 saturated heterocycles. The summed E-state index contributed by atoms with van der Waals surface area (Å²) in [6.07, 6.45) is 1.59. The number of carbonyl (C=O) groups is 2. The van der Waals surface area contributed by atoms with Gasteiger partial charge < -0.3 is 26.0 Å². The van der Waals surface area contributed by atoms with Crippen molar-refractivity contribution in [3.63, 3.8) is 0 Å². The van der Waals surface area contributed by atoms with Crippen LogP contribution < -0.4 is 21.3 Å². The van der Waals surface area contributed by atoms with Crippen LogP contribution in [0.5, 0.6) is 0 Å². The summed E-state index contributed by atoms with van der Waals surface area (Å²) in [4.78, 5) is 27.8. The van der Waals surface area contributed by atoms with Gasteiger partial charge in [-0.05, 0) is 44.9 Å². The zero-order chi connectivity index (χ0) is 21.7. The Bertz CT molecular complexity index is 672. The first kappa shape index (κ1) is 28.0. The van der Waals surface area contributed by atoms with Gasteiger partial charge in [0.05, 0.1) is 0 Å².